The lowest BCUT2D eigenvalue weighted by molar-refractivity contribution is -0.0848. The fraction of sp³-hybridized carbons (Fsp3) is 1.00. The lowest BCUT2D eigenvalue weighted by atomic mass is 10.1. The molecule has 0 radical (unpaired) electrons. The van der Waals surface area contributed by atoms with Gasteiger partial charge in [-0.1, -0.05) is 0 Å². The Morgan fingerprint density at radius 1 is 0.452 bits per heavy atom. The quantitative estimate of drug-likeness (QED) is 0.0790. The van der Waals surface area contributed by atoms with Crippen molar-refractivity contribution in [1.29, 1.82) is 0 Å². The molecule has 8 N–H and O–H groups in total. The number of aliphatic hydroxyl groups excluding tert-OH is 8. The highest BCUT2D eigenvalue weighted by Gasteiger charge is 2.17. The second-order valence-corrected chi connectivity index (χ2v) is 7.26. The third-order valence-corrected chi connectivity index (χ3v) is 4.17. The molecule has 6 atom stereocenters. The molecule has 6 unspecified atom stereocenters. The molecule has 0 heterocycles. The van der Waals surface area contributed by atoms with Gasteiger partial charge in [-0.15, -0.1) is 0 Å². The molecule has 12 nitrogen and oxygen atoms in total. The number of aliphatic hydroxyl groups is 8. The van der Waals surface area contributed by atoms with Gasteiger partial charge in [-0.3, -0.25) is 0 Å². The van der Waals surface area contributed by atoms with E-state index in [2.05, 4.69) is 0 Å². The van der Waals surface area contributed by atoms with Gasteiger partial charge in [0.2, 0.25) is 0 Å². The Morgan fingerprint density at radius 3 is 1.10 bits per heavy atom. The summed E-state index contributed by atoms with van der Waals surface area (Å²) in [6.45, 7) is -1.91. The topological polar surface area (TPSA) is 199 Å². The fourth-order valence-electron chi connectivity index (χ4n) is 2.38. The van der Waals surface area contributed by atoms with Crippen LogP contribution in [0.2, 0.25) is 0 Å². The highest BCUT2D eigenvalue weighted by atomic mass is 16.5. The lowest BCUT2D eigenvalue weighted by Crippen LogP contribution is -2.31. The predicted molar refractivity (Wildman–Crippen MR) is 107 cm³/mol. The number of hydrogen-bond acceptors (Lipinski definition) is 12. The first kappa shape index (κ1) is 30.5. The zero-order chi connectivity index (χ0) is 23.5. The van der Waals surface area contributed by atoms with E-state index in [0.29, 0.717) is 19.3 Å². The molecule has 31 heavy (non-hydrogen) atoms. The van der Waals surface area contributed by atoms with Gasteiger partial charge >= 0.3 is 0 Å². The molecule has 0 aromatic rings. The summed E-state index contributed by atoms with van der Waals surface area (Å²) in [5, 5.41) is 73.1. The third-order valence-electron chi connectivity index (χ3n) is 4.17. The second-order valence-electron chi connectivity index (χ2n) is 7.26. The molecule has 0 fully saturated rings. The van der Waals surface area contributed by atoms with E-state index in [0.717, 1.165) is 0 Å². The van der Waals surface area contributed by atoms with E-state index >= 15 is 0 Å². The molecule has 0 aliphatic heterocycles. The molecule has 0 saturated carbocycles. The average molecular weight is 461 g/mol. The SMILES string of the molecule is OCC(O)COCC(CCCC(COCC(O)CO)OCC(O)CO)OCC(O)CO. The van der Waals surface area contributed by atoms with E-state index < -0.39 is 63.1 Å². The van der Waals surface area contributed by atoms with E-state index in [1.165, 1.54) is 0 Å². The Labute approximate surface area is 182 Å². The molecule has 0 amide bonds. The monoisotopic (exact) mass is 460 g/mol. The number of hydrogen-bond donors (Lipinski definition) is 8. The molecule has 0 aromatic heterocycles. The molecule has 188 valence electrons. The molecule has 0 saturated heterocycles. The van der Waals surface area contributed by atoms with E-state index in [1.807, 2.05) is 0 Å². The van der Waals surface area contributed by atoms with Crippen LogP contribution in [0.15, 0.2) is 0 Å². The minimum absolute atomic E-state index is 0.0786. The highest BCUT2D eigenvalue weighted by molar-refractivity contribution is 4.66. The van der Waals surface area contributed by atoms with Gasteiger partial charge in [0.15, 0.2) is 0 Å². The van der Waals surface area contributed by atoms with Crippen LogP contribution >= 0.6 is 0 Å². The van der Waals surface area contributed by atoms with Crippen molar-refractivity contribution in [1.82, 2.24) is 0 Å². The summed E-state index contributed by atoms with van der Waals surface area (Å²) in [6, 6.07) is 0. The standard InChI is InChI=1S/C19H40O12/c20-4-14(24)8-28-12-18(30-10-16(26)6-22)2-1-3-19(31-11-17(27)7-23)13-29-9-15(25)5-21/h14-27H,1-13H2. The Bertz CT molecular complexity index is 355. The minimum Gasteiger partial charge on any atom is -0.394 e. The van der Waals surface area contributed by atoms with Crippen LogP contribution < -0.4 is 0 Å². The van der Waals surface area contributed by atoms with Gasteiger partial charge in [0.25, 0.3) is 0 Å². The van der Waals surface area contributed by atoms with Crippen LogP contribution in [0, 0.1) is 0 Å². The van der Waals surface area contributed by atoms with Crippen molar-refractivity contribution in [2.75, 3.05) is 66.1 Å². The molecular formula is C19H40O12. The van der Waals surface area contributed by atoms with E-state index in [9.17, 15) is 20.4 Å². The van der Waals surface area contributed by atoms with Gasteiger partial charge in [0.05, 0.1) is 78.3 Å². The van der Waals surface area contributed by atoms with Gasteiger partial charge in [-0.2, -0.15) is 0 Å². The van der Waals surface area contributed by atoms with Crippen molar-refractivity contribution in [2.45, 2.75) is 55.9 Å². The first-order valence-electron chi connectivity index (χ1n) is 10.4. The third kappa shape index (κ3) is 17.7. The fourth-order valence-corrected chi connectivity index (χ4v) is 2.38. The van der Waals surface area contributed by atoms with E-state index in [1.54, 1.807) is 0 Å². The van der Waals surface area contributed by atoms with Crippen LogP contribution in [0.25, 0.3) is 0 Å². The number of rotatable bonds is 22. The molecule has 0 aliphatic rings. The molecule has 0 aliphatic carbocycles. The van der Waals surface area contributed by atoms with Crippen molar-refractivity contribution >= 4 is 0 Å². The Morgan fingerprint density at radius 2 is 0.774 bits per heavy atom. The van der Waals surface area contributed by atoms with Crippen LogP contribution in [0.5, 0.6) is 0 Å². The summed E-state index contributed by atoms with van der Waals surface area (Å²) in [5.74, 6) is 0. The summed E-state index contributed by atoms with van der Waals surface area (Å²) < 4.78 is 21.7. The summed E-state index contributed by atoms with van der Waals surface area (Å²) in [5.41, 5.74) is 0. The van der Waals surface area contributed by atoms with Crippen molar-refractivity contribution in [3.63, 3.8) is 0 Å². The van der Waals surface area contributed by atoms with Gasteiger partial charge in [0, 0.05) is 0 Å². The highest BCUT2D eigenvalue weighted by Crippen LogP contribution is 2.12. The normalized spacial score (nSPS) is 17.8. The maximum atomic E-state index is 9.47. The summed E-state index contributed by atoms with van der Waals surface area (Å²) in [6.07, 6.45) is -3.46. The summed E-state index contributed by atoms with van der Waals surface area (Å²) in [7, 11) is 0. The summed E-state index contributed by atoms with van der Waals surface area (Å²) >= 11 is 0. The first-order chi connectivity index (χ1) is 14.9. The van der Waals surface area contributed by atoms with Crippen LogP contribution in [0.4, 0.5) is 0 Å². The molecular weight excluding hydrogens is 420 g/mol. The summed E-state index contributed by atoms with van der Waals surface area (Å²) in [4.78, 5) is 0. The molecule has 0 rings (SSSR count). The predicted octanol–water partition coefficient (Wildman–Crippen LogP) is -3.63. The Balaban J connectivity index is 4.56. The van der Waals surface area contributed by atoms with E-state index in [4.69, 9.17) is 39.4 Å². The number of ether oxygens (including phenoxy) is 4. The van der Waals surface area contributed by atoms with Crippen molar-refractivity contribution in [3.05, 3.63) is 0 Å². The van der Waals surface area contributed by atoms with Crippen molar-refractivity contribution in [2.24, 2.45) is 0 Å². The van der Waals surface area contributed by atoms with Crippen molar-refractivity contribution in [3.8, 4) is 0 Å². The first-order valence-corrected chi connectivity index (χ1v) is 10.4. The van der Waals surface area contributed by atoms with Gasteiger partial charge in [-0.25, -0.2) is 0 Å². The van der Waals surface area contributed by atoms with Gasteiger partial charge in [-0.05, 0) is 19.3 Å². The smallest absolute Gasteiger partial charge is 0.100 e. The van der Waals surface area contributed by atoms with Gasteiger partial charge < -0.3 is 59.8 Å². The van der Waals surface area contributed by atoms with Crippen molar-refractivity contribution < 1.29 is 59.8 Å². The Kier molecular flexibility index (Phi) is 19.8. The second kappa shape index (κ2) is 20.1. The zero-order valence-corrected chi connectivity index (χ0v) is 17.9. The van der Waals surface area contributed by atoms with Gasteiger partial charge in [0.1, 0.15) is 24.4 Å². The van der Waals surface area contributed by atoms with Crippen LogP contribution in [0.3, 0.4) is 0 Å². The zero-order valence-electron chi connectivity index (χ0n) is 17.9. The van der Waals surface area contributed by atoms with Crippen LogP contribution in [0.1, 0.15) is 19.3 Å². The van der Waals surface area contributed by atoms with Crippen LogP contribution in [-0.2, 0) is 18.9 Å². The molecule has 0 spiro atoms. The largest absolute Gasteiger partial charge is 0.394 e. The Hall–Kier alpha value is -0.480. The molecule has 0 bridgehead atoms. The average Bonchev–Trinajstić information content (AvgIpc) is 2.78. The van der Waals surface area contributed by atoms with E-state index in [-0.39, 0.29) is 39.6 Å². The van der Waals surface area contributed by atoms with Crippen LogP contribution in [-0.4, -0.2) is 144 Å². The molecule has 0 aromatic carbocycles. The molecule has 12 heteroatoms. The lowest BCUT2D eigenvalue weighted by Gasteiger charge is -2.23. The minimum atomic E-state index is -1.03. The maximum Gasteiger partial charge on any atom is 0.100 e. The maximum absolute atomic E-state index is 9.47.